The van der Waals surface area contributed by atoms with Gasteiger partial charge in [-0.15, -0.1) is 12.4 Å². The van der Waals surface area contributed by atoms with Crippen molar-refractivity contribution in [2.45, 2.75) is 51.5 Å². The van der Waals surface area contributed by atoms with E-state index in [1.54, 1.807) is 11.3 Å². The molecule has 2 aromatic carbocycles. The third kappa shape index (κ3) is 2.81. The van der Waals surface area contributed by atoms with Crippen molar-refractivity contribution in [2.24, 2.45) is 5.92 Å². The van der Waals surface area contributed by atoms with Crippen LogP contribution in [0.5, 0.6) is 0 Å². The van der Waals surface area contributed by atoms with Crippen LogP contribution in [0.1, 0.15) is 48.1 Å². The maximum Gasteiger partial charge on any atom is 0.0567 e. The largest absolute Gasteiger partial charge is 0.313 e. The molecule has 0 unspecified atom stereocenters. The molecule has 1 fully saturated rings. The SMILES string of the molecule is Cl.c1ccc2c(c1)CCc1cccc3c4c(n-2c13)CCN(CC1CCCC1)C4. The molecule has 0 bridgehead atoms. The van der Waals surface area contributed by atoms with Crippen LogP contribution in [0.2, 0.25) is 0 Å². The van der Waals surface area contributed by atoms with Crippen molar-refractivity contribution in [1.29, 1.82) is 0 Å². The number of benzene rings is 2. The lowest BCUT2D eigenvalue weighted by Crippen LogP contribution is -2.34. The highest BCUT2D eigenvalue weighted by molar-refractivity contribution is 5.91. The molecule has 0 atom stereocenters. The fraction of sp³-hybridized carbons (Fsp3) is 0.440. The van der Waals surface area contributed by atoms with Gasteiger partial charge in [0.05, 0.1) is 5.52 Å². The van der Waals surface area contributed by atoms with Gasteiger partial charge >= 0.3 is 0 Å². The summed E-state index contributed by atoms with van der Waals surface area (Å²) in [6.45, 7) is 3.67. The lowest BCUT2D eigenvalue weighted by Gasteiger charge is -2.30. The predicted molar refractivity (Wildman–Crippen MR) is 119 cm³/mol. The Morgan fingerprint density at radius 3 is 2.54 bits per heavy atom. The van der Waals surface area contributed by atoms with Gasteiger partial charge in [0.1, 0.15) is 0 Å². The summed E-state index contributed by atoms with van der Waals surface area (Å²) in [6, 6.07) is 16.1. The second-order valence-corrected chi connectivity index (χ2v) is 8.84. The number of aromatic nitrogens is 1. The molecule has 3 heteroatoms. The average molecular weight is 393 g/mol. The maximum absolute atomic E-state index is 2.74. The summed E-state index contributed by atoms with van der Waals surface area (Å²) in [4.78, 5) is 2.74. The van der Waals surface area contributed by atoms with Gasteiger partial charge in [0.15, 0.2) is 0 Å². The van der Waals surface area contributed by atoms with Gasteiger partial charge in [-0.1, -0.05) is 49.2 Å². The minimum absolute atomic E-state index is 0. The molecular formula is C25H29ClN2. The number of halogens is 1. The molecular weight excluding hydrogens is 364 g/mol. The van der Waals surface area contributed by atoms with Crippen LogP contribution in [0.3, 0.4) is 0 Å². The Morgan fingerprint density at radius 1 is 0.857 bits per heavy atom. The first-order valence-corrected chi connectivity index (χ1v) is 10.8. The smallest absolute Gasteiger partial charge is 0.0567 e. The Labute approximate surface area is 173 Å². The van der Waals surface area contributed by atoms with Gasteiger partial charge in [-0.25, -0.2) is 0 Å². The highest BCUT2D eigenvalue weighted by atomic mass is 35.5. The molecule has 2 aliphatic heterocycles. The van der Waals surface area contributed by atoms with Gasteiger partial charge < -0.3 is 4.57 Å². The Kier molecular flexibility index (Phi) is 4.72. The molecule has 28 heavy (non-hydrogen) atoms. The predicted octanol–water partition coefficient (Wildman–Crippen LogP) is 5.70. The van der Waals surface area contributed by atoms with Crippen LogP contribution in [0.15, 0.2) is 42.5 Å². The summed E-state index contributed by atoms with van der Waals surface area (Å²) in [7, 11) is 0. The lowest BCUT2D eigenvalue weighted by atomic mass is 9.98. The van der Waals surface area contributed by atoms with Crippen molar-refractivity contribution in [1.82, 2.24) is 9.47 Å². The Bertz CT molecular complexity index is 1010. The monoisotopic (exact) mass is 392 g/mol. The van der Waals surface area contributed by atoms with Crippen LogP contribution < -0.4 is 0 Å². The average Bonchev–Trinajstić information content (AvgIpc) is 3.28. The highest BCUT2D eigenvalue weighted by Crippen LogP contribution is 2.39. The van der Waals surface area contributed by atoms with Crippen LogP contribution in [0.4, 0.5) is 0 Å². The van der Waals surface area contributed by atoms with E-state index in [1.165, 1.54) is 72.9 Å². The fourth-order valence-corrected chi connectivity index (χ4v) is 5.92. The molecule has 3 aliphatic rings. The Hall–Kier alpha value is -1.77. The topological polar surface area (TPSA) is 8.17 Å². The maximum atomic E-state index is 2.74. The summed E-state index contributed by atoms with van der Waals surface area (Å²) >= 11 is 0. The van der Waals surface area contributed by atoms with E-state index in [2.05, 4.69) is 51.9 Å². The van der Waals surface area contributed by atoms with E-state index in [4.69, 9.17) is 0 Å². The third-order valence-electron chi connectivity index (χ3n) is 7.22. The second-order valence-electron chi connectivity index (χ2n) is 8.84. The lowest BCUT2D eigenvalue weighted by molar-refractivity contribution is 0.214. The zero-order chi connectivity index (χ0) is 17.8. The van der Waals surface area contributed by atoms with Crippen molar-refractivity contribution in [3.8, 4) is 5.69 Å². The zero-order valence-electron chi connectivity index (χ0n) is 16.5. The molecule has 2 nitrogen and oxygen atoms in total. The van der Waals surface area contributed by atoms with E-state index in [0.29, 0.717) is 0 Å². The molecule has 0 saturated heterocycles. The fourth-order valence-electron chi connectivity index (χ4n) is 5.92. The van der Waals surface area contributed by atoms with E-state index in [-0.39, 0.29) is 12.4 Å². The van der Waals surface area contributed by atoms with E-state index in [0.717, 1.165) is 25.3 Å². The normalized spacial score (nSPS) is 19.1. The molecule has 6 rings (SSSR count). The van der Waals surface area contributed by atoms with Crippen LogP contribution in [-0.4, -0.2) is 22.6 Å². The van der Waals surface area contributed by atoms with Crippen molar-refractivity contribution in [2.75, 3.05) is 13.1 Å². The number of aryl methyl sites for hydroxylation is 2. The number of para-hydroxylation sites is 2. The van der Waals surface area contributed by atoms with Crippen molar-refractivity contribution in [3.63, 3.8) is 0 Å². The van der Waals surface area contributed by atoms with E-state index in [9.17, 15) is 0 Å². The van der Waals surface area contributed by atoms with Gasteiger partial charge in [0.25, 0.3) is 0 Å². The summed E-state index contributed by atoms with van der Waals surface area (Å²) in [5.74, 6) is 0.940. The number of rotatable bonds is 2. The van der Waals surface area contributed by atoms with Crippen LogP contribution >= 0.6 is 12.4 Å². The van der Waals surface area contributed by atoms with E-state index in [1.807, 2.05) is 0 Å². The molecule has 0 N–H and O–H groups in total. The summed E-state index contributed by atoms with van der Waals surface area (Å²) in [6.07, 6.45) is 9.28. The zero-order valence-corrected chi connectivity index (χ0v) is 17.3. The van der Waals surface area contributed by atoms with Gasteiger partial charge in [-0.3, -0.25) is 4.90 Å². The number of hydrogen-bond acceptors (Lipinski definition) is 1. The number of nitrogens with zero attached hydrogens (tertiary/aromatic N) is 2. The van der Waals surface area contributed by atoms with Crippen molar-refractivity contribution < 1.29 is 0 Å². The van der Waals surface area contributed by atoms with Gasteiger partial charge in [0.2, 0.25) is 0 Å². The first-order valence-electron chi connectivity index (χ1n) is 10.8. The Morgan fingerprint density at radius 2 is 1.64 bits per heavy atom. The first kappa shape index (κ1) is 18.3. The molecule has 1 aliphatic carbocycles. The third-order valence-corrected chi connectivity index (χ3v) is 7.22. The minimum Gasteiger partial charge on any atom is -0.313 e. The molecule has 0 amide bonds. The molecule has 146 valence electrons. The van der Waals surface area contributed by atoms with E-state index >= 15 is 0 Å². The summed E-state index contributed by atoms with van der Waals surface area (Å²) in [5.41, 5.74) is 9.14. The summed E-state index contributed by atoms with van der Waals surface area (Å²) in [5, 5.41) is 1.51. The van der Waals surface area contributed by atoms with Gasteiger partial charge in [-0.05, 0) is 54.4 Å². The standard InChI is InChI=1S/C25H28N2.ClH/c1-2-7-18(6-1)16-26-15-14-24-22(17-26)21-10-5-9-20-13-12-19-8-3-4-11-23(19)27(24)25(20)21;/h3-5,8-11,18H,1-2,6-7,12-17H2;1H. The van der Waals surface area contributed by atoms with Crippen LogP contribution in [0.25, 0.3) is 16.6 Å². The molecule has 1 saturated carbocycles. The van der Waals surface area contributed by atoms with Crippen LogP contribution in [0, 0.1) is 5.92 Å². The molecule has 3 aromatic rings. The van der Waals surface area contributed by atoms with Crippen LogP contribution in [-0.2, 0) is 25.8 Å². The van der Waals surface area contributed by atoms with Crippen molar-refractivity contribution >= 4 is 23.3 Å². The molecule has 0 spiro atoms. The van der Waals surface area contributed by atoms with Crippen molar-refractivity contribution in [3.05, 3.63) is 64.8 Å². The second kappa shape index (κ2) is 7.24. The van der Waals surface area contributed by atoms with Gasteiger partial charge in [0, 0.05) is 42.8 Å². The number of hydrogen-bond donors (Lipinski definition) is 0. The molecule has 3 heterocycles. The van der Waals surface area contributed by atoms with E-state index < -0.39 is 0 Å². The minimum atomic E-state index is 0. The Balaban J connectivity index is 0.00000171. The molecule has 1 aromatic heterocycles. The number of fused-ring (bicyclic) bond motifs is 5. The van der Waals surface area contributed by atoms with Gasteiger partial charge in [-0.2, -0.15) is 0 Å². The quantitative estimate of drug-likeness (QED) is 0.543. The molecule has 0 radical (unpaired) electrons. The highest BCUT2D eigenvalue weighted by Gasteiger charge is 2.29. The first-order chi connectivity index (χ1) is 13.4. The summed E-state index contributed by atoms with van der Waals surface area (Å²) < 4.78 is 2.63.